The van der Waals surface area contributed by atoms with E-state index in [1.165, 1.54) is 133 Å². The molecule has 0 aliphatic carbocycles. The van der Waals surface area contributed by atoms with Crippen molar-refractivity contribution in [2.24, 2.45) is 0 Å². The molecule has 1 unspecified atom stereocenters. The summed E-state index contributed by atoms with van der Waals surface area (Å²) in [4.78, 5) is 40.7. The summed E-state index contributed by atoms with van der Waals surface area (Å²) in [5, 5.41) is 26.0. The molecule has 1 fully saturated rings. The average Bonchev–Trinajstić information content (AvgIpc) is 3.38. The topological polar surface area (TPSA) is 141 Å². The molecule has 1 aliphatic heterocycles. The van der Waals surface area contributed by atoms with Gasteiger partial charge >= 0.3 is 11.9 Å². The van der Waals surface area contributed by atoms with Gasteiger partial charge in [-0.1, -0.05) is 242 Å². The summed E-state index contributed by atoms with van der Waals surface area (Å²) in [7, 11) is -2.27. The van der Waals surface area contributed by atoms with Gasteiger partial charge in [0.2, 0.25) is 5.91 Å². The molecule has 2 aromatic rings. The minimum Gasteiger partial charge on any atom is -0.462 e. The summed E-state index contributed by atoms with van der Waals surface area (Å²) in [6, 6.07) is 20.2. The smallest absolute Gasteiger partial charge is 0.306 e. The van der Waals surface area contributed by atoms with Crippen molar-refractivity contribution in [2.75, 3.05) is 6.61 Å². The number of hydrogen-bond donors (Lipinski definition) is 3. The van der Waals surface area contributed by atoms with Crippen LogP contribution < -0.4 is 5.32 Å². The second-order valence-corrected chi connectivity index (χ2v) is 28.5. The number of aliphatic hydroxyl groups excluding tert-OH is 2. The maximum Gasteiger partial charge on any atom is 0.306 e. The monoisotopic (exact) mass is 1060 g/mol. The van der Waals surface area contributed by atoms with E-state index in [4.69, 9.17) is 18.6 Å². The summed E-state index contributed by atoms with van der Waals surface area (Å²) >= 11 is 0. The highest BCUT2D eigenvalue weighted by Crippen LogP contribution is 2.37. The normalized spacial score (nSPS) is 18.4. The maximum absolute atomic E-state index is 13.9. The molecular weight excluding hydrogens is 955 g/mol. The SMILES string of the molecule is CCCCCCCCCCC[C@@H](CC(=O)N[C@H]1C(O)O[C@H](CO[Si](C)(C)C(C)(C)C)[C@@H](O)[C@@H]1OC(=O)CCCCCCCCCCCCc1ccccc1)OC(=O)CCCCCCCCCCCCc1ccccc1. The van der Waals surface area contributed by atoms with E-state index in [0.29, 0.717) is 19.3 Å². The fraction of sp³-hybridized carbons (Fsp3) is 0.766. The Bertz CT molecular complexity index is 1740. The number of aliphatic hydroxyl groups is 2. The number of ether oxygens (including phenoxy) is 3. The number of carbonyl (C=O) groups excluding carboxylic acids is 3. The van der Waals surface area contributed by atoms with Crippen molar-refractivity contribution in [2.45, 2.75) is 307 Å². The number of nitrogens with one attached hydrogen (secondary N) is 1. The summed E-state index contributed by atoms with van der Waals surface area (Å²) in [6.45, 7) is 12.8. The molecule has 0 radical (unpaired) electrons. The number of amides is 1. The predicted molar refractivity (Wildman–Crippen MR) is 310 cm³/mol. The molecule has 0 saturated carbocycles. The molecule has 2 aromatic carbocycles. The second kappa shape index (κ2) is 40.1. The highest BCUT2D eigenvalue weighted by molar-refractivity contribution is 6.74. The molecule has 3 N–H and O–H groups in total. The fourth-order valence-corrected chi connectivity index (χ4v) is 11.0. The Balaban J connectivity index is 1.49. The number of rotatable bonds is 44. The van der Waals surface area contributed by atoms with E-state index in [-0.39, 0.29) is 30.5 Å². The van der Waals surface area contributed by atoms with Crippen LogP contribution in [0.1, 0.15) is 251 Å². The lowest BCUT2D eigenvalue weighted by Crippen LogP contribution is -2.65. The van der Waals surface area contributed by atoms with Gasteiger partial charge in [0.1, 0.15) is 24.4 Å². The molecule has 0 bridgehead atoms. The lowest BCUT2D eigenvalue weighted by Gasteiger charge is -2.44. The second-order valence-electron chi connectivity index (χ2n) is 23.7. The van der Waals surface area contributed by atoms with Gasteiger partial charge in [-0.3, -0.25) is 14.4 Å². The molecule has 11 heteroatoms. The van der Waals surface area contributed by atoms with E-state index in [1.54, 1.807) is 0 Å². The first-order valence-electron chi connectivity index (χ1n) is 30.6. The van der Waals surface area contributed by atoms with Crippen LogP contribution in [0, 0.1) is 0 Å². The summed E-state index contributed by atoms with van der Waals surface area (Å²) in [5.41, 5.74) is 2.84. The van der Waals surface area contributed by atoms with Gasteiger partial charge in [0, 0.05) is 12.8 Å². The Hall–Kier alpha value is -3.09. The third kappa shape index (κ3) is 30.6. The van der Waals surface area contributed by atoms with E-state index in [9.17, 15) is 24.6 Å². The van der Waals surface area contributed by atoms with Crippen LogP contribution in [0.15, 0.2) is 60.7 Å². The van der Waals surface area contributed by atoms with E-state index < -0.39 is 56.9 Å². The number of aryl methyl sites for hydroxylation is 2. The minimum absolute atomic E-state index is 0.00377. The lowest BCUT2D eigenvalue weighted by atomic mass is 9.96. The van der Waals surface area contributed by atoms with Crippen LogP contribution in [0.25, 0.3) is 0 Å². The van der Waals surface area contributed by atoms with E-state index in [2.05, 4.69) is 107 Å². The van der Waals surface area contributed by atoms with Crippen molar-refractivity contribution in [3.63, 3.8) is 0 Å². The van der Waals surface area contributed by atoms with Crippen molar-refractivity contribution in [1.29, 1.82) is 0 Å². The third-order valence-electron chi connectivity index (χ3n) is 15.9. The standard InChI is InChI=1S/C64H109NO9Si/c1-7-8-9-10-11-16-23-28-39-48-55(72-58(67)49-40-29-24-19-14-12-17-21-26-33-42-53-44-35-31-36-45-53)51-57(66)65-60-62(61(69)56(73-63(60)70)52-71-75(5,6)64(2,3)4)74-59(68)50-41-30-25-20-15-13-18-22-27-34-43-54-46-37-32-38-47-54/h31-32,35-38,44-47,55-56,60-63,69-70H,7-30,33-34,39-43,48-52H2,1-6H3,(H,65,66)/t55-,56+,60+,61+,62+,63?/m0/s1. The predicted octanol–water partition coefficient (Wildman–Crippen LogP) is 15.8. The van der Waals surface area contributed by atoms with Crippen molar-refractivity contribution < 1.29 is 43.2 Å². The highest BCUT2D eigenvalue weighted by atomic mass is 28.4. The number of carbonyl (C=O) groups is 3. The number of esters is 2. The number of benzene rings is 2. The van der Waals surface area contributed by atoms with Crippen LogP contribution in [0.3, 0.4) is 0 Å². The maximum atomic E-state index is 13.9. The molecular formula is C64H109NO9Si. The Morgan fingerprint density at radius 3 is 1.45 bits per heavy atom. The molecule has 3 rings (SSSR count). The van der Waals surface area contributed by atoms with Gasteiger partial charge in [0.15, 0.2) is 20.7 Å². The van der Waals surface area contributed by atoms with Crippen molar-refractivity contribution in [3.8, 4) is 0 Å². The zero-order chi connectivity index (χ0) is 54.4. The van der Waals surface area contributed by atoms with Gasteiger partial charge in [-0.15, -0.1) is 0 Å². The number of unbranched alkanes of at least 4 members (excludes halogenated alkanes) is 26. The van der Waals surface area contributed by atoms with Crippen LogP contribution in [0.4, 0.5) is 0 Å². The first kappa shape index (κ1) is 66.2. The van der Waals surface area contributed by atoms with Gasteiger partial charge in [0.25, 0.3) is 0 Å². The Labute approximate surface area is 458 Å². The van der Waals surface area contributed by atoms with Gasteiger partial charge in [-0.05, 0) is 80.6 Å². The fourth-order valence-electron chi connectivity index (χ4n) is 9.98. The van der Waals surface area contributed by atoms with Gasteiger partial charge < -0.3 is 34.2 Å². The van der Waals surface area contributed by atoms with Gasteiger partial charge in [-0.2, -0.15) is 0 Å². The molecule has 1 heterocycles. The van der Waals surface area contributed by atoms with Crippen molar-refractivity contribution in [1.82, 2.24) is 5.32 Å². The molecule has 428 valence electrons. The lowest BCUT2D eigenvalue weighted by molar-refractivity contribution is -0.258. The Kier molecular flexibility index (Phi) is 35.4. The van der Waals surface area contributed by atoms with Gasteiger partial charge in [-0.25, -0.2) is 0 Å². The van der Waals surface area contributed by atoms with E-state index in [0.717, 1.165) is 70.6 Å². The van der Waals surface area contributed by atoms with Crippen molar-refractivity contribution in [3.05, 3.63) is 71.8 Å². The zero-order valence-electron chi connectivity index (χ0n) is 48.4. The van der Waals surface area contributed by atoms with Crippen molar-refractivity contribution >= 4 is 26.2 Å². The van der Waals surface area contributed by atoms with Crippen LogP contribution in [-0.4, -0.2) is 79.7 Å². The first-order valence-corrected chi connectivity index (χ1v) is 33.5. The quantitative estimate of drug-likeness (QED) is 0.0336. The molecule has 1 amide bonds. The largest absolute Gasteiger partial charge is 0.462 e. The van der Waals surface area contributed by atoms with Gasteiger partial charge in [0.05, 0.1) is 13.0 Å². The average molecular weight is 1060 g/mol. The summed E-state index contributed by atoms with van der Waals surface area (Å²) in [6.07, 6.45) is 30.4. The number of hydrogen-bond acceptors (Lipinski definition) is 9. The third-order valence-corrected chi connectivity index (χ3v) is 20.4. The van der Waals surface area contributed by atoms with E-state index in [1.807, 2.05) is 0 Å². The molecule has 10 nitrogen and oxygen atoms in total. The minimum atomic E-state index is -2.27. The Morgan fingerprint density at radius 1 is 0.587 bits per heavy atom. The molecule has 1 saturated heterocycles. The summed E-state index contributed by atoms with van der Waals surface area (Å²) < 4.78 is 24.4. The summed E-state index contributed by atoms with van der Waals surface area (Å²) in [5.74, 6) is -1.25. The van der Waals surface area contributed by atoms with Crippen LogP contribution >= 0.6 is 0 Å². The molecule has 0 spiro atoms. The zero-order valence-corrected chi connectivity index (χ0v) is 49.4. The first-order chi connectivity index (χ1) is 36.2. The highest BCUT2D eigenvalue weighted by Gasteiger charge is 2.49. The molecule has 6 atom stereocenters. The molecule has 1 aliphatic rings. The molecule has 75 heavy (non-hydrogen) atoms. The van der Waals surface area contributed by atoms with Crippen LogP contribution in [0.2, 0.25) is 18.1 Å². The Morgan fingerprint density at radius 2 is 1.00 bits per heavy atom. The molecule has 0 aromatic heterocycles. The van der Waals surface area contributed by atoms with Crippen LogP contribution in [0.5, 0.6) is 0 Å². The van der Waals surface area contributed by atoms with Crippen LogP contribution in [-0.2, 0) is 45.9 Å². The van der Waals surface area contributed by atoms with E-state index >= 15 is 0 Å².